The van der Waals surface area contributed by atoms with Crippen LogP contribution in [-0.2, 0) is 21.7 Å². The number of rotatable bonds is 7. The van der Waals surface area contributed by atoms with Crippen molar-refractivity contribution in [1.29, 1.82) is 0 Å². The van der Waals surface area contributed by atoms with E-state index in [1.54, 1.807) is 32.5 Å². The summed E-state index contributed by atoms with van der Waals surface area (Å²) in [7, 11) is -1.55. The van der Waals surface area contributed by atoms with Gasteiger partial charge in [-0.05, 0) is 68.9 Å². The van der Waals surface area contributed by atoms with E-state index < -0.39 is 38.5 Å². The summed E-state index contributed by atoms with van der Waals surface area (Å²) in [6, 6.07) is 3.90. The zero-order valence-electron chi connectivity index (χ0n) is 21.5. The van der Waals surface area contributed by atoms with E-state index in [2.05, 4.69) is 15.6 Å². The lowest BCUT2D eigenvalue weighted by molar-refractivity contribution is -0.117. The molecule has 0 aliphatic heterocycles. The number of aryl methyl sites for hydroxylation is 1. The summed E-state index contributed by atoms with van der Waals surface area (Å²) in [6.07, 6.45) is 4.54. The standard InChI is InChI=1S/C26H29FN4O5S2/c1-14-13-17(7-10-19(14)27)30-24(33)20-15(2)21(31(3)22(20)26-28-11-12-37-26)23(32)25(34)29-16-5-8-18(9-6-16)38(4,35)36/h7,10-13,16,18H,5-6,8-9H2,1-4H3,(H,29,34)(H,30,33)/t16-,18+. The average Bonchev–Trinajstić information content (AvgIpc) is 3.46. The normalized spacial score (nSPS) is 17.7. The first-order chi connectivity index (χ1) is 17.9. The minimum Gasteiger partial charge on any atom is -0.346 e. The molecule has 0 spiro atoms. The lowest BCUT2D eigenvalue weighted by Gasteiger charge is -2.27. The van der Waals surface area contributed by atoms with Crippen LogP contribution >= 0.6 is 11.3 Å². The number of Topliss-reactive ketones (excluding diaryl/α,β-unsaturated/α-hetero) is 1. The number of carbonyl (C=O) groups excluding carboxylic acids is 3. The van der Waals surface area contributed by atoms with Gasteiger partial charge in [0.1, 0.15) is 20.7 Å². The minimum absolute atomic E-state index is 0.0537. The Labute approximate surface area is 224 Å². The van der Waals surface area contributed by atoms with Crippen molar-refractivity contribution < 1.29 is 27.2 Å². The summed E-state index contributed by atoms with van der Waals surface area (Å²) in [5, 5.41) is 7.30. The SMILES string of the molecule is Cc1cc(NC(=O)c2c(C)c(C(=O)C(=O)N[C@H]3CC[C@@H](S(C)(=O)=O)CC3)n(C)c2-c2nccs2)ccc1F. The molecule has 38 heavy (non-hydrogen) atoms. The second-order valence-corrected chi connectivity index (χ2v) is 12.8. The number of thiazole rings is 1. The molecule has 1 aliphatic carbocycles. The molecule has 0 atom stereocenters. The number of nitrogens with one attached hydrogen (secondary N) is 2. The first-order valence-electron chi connectivity index (χ1n) is 12.1. The molecule has 1 saturated carbocycles. The van der Waals surface area contributed by atoms with E-state index in [4.69, 9.17) is 0 Å². The topological polar surface area (TPSA) is 127 Å². The number of hydrogen-bond acceptors (Lipinski definition) is 7. The molecule has 9 nitrogen and oxygen atoms in total. The van der Waals surface area contributed by atoms with Crippen LogP contribution in [0.1, 0.15) is 57.7 Å². The highest BCUT2D eigenvalue weighted by atomic mass is 32.2. The van der Waals surface area contributed by atoms with Gasteiger partial charge in [-0.2, -0.15) is 0 Å². The predicted octanol–water partition coefficient (Wildman–Crippen LogP) is 3.81. The lowest BCUT2D eigenvalue weighted by atomic mass is 9.94. The van der Waals surface area contributed by atoms with Crippen molar-refractivity contribution in [2.45, 2.75) is 50.8 Å². The Hall–Kier alpha value is -3.38. The largest absolute Gasteiger partial charge is 0.346 e. The number of nitrogens with zero attached hydrogens (tertiary/aromatic N) is 2. The van der Waals surface area contributed by atoms with Gasteiger partial charge in [0.25, 0.3) is 17.6 Å². The van der Waals surface area contributed by atoms with Crippen LogP contribution < -0.4 is 10.6 Å². The Balaban J connectivity index is 1.62. The molecule has 1 fully saturated rings. The molecule has 2 aromatic heterocycles. The summed E-state index contributed by atoms with van der Waals surface area (Å²) in [4.78, 5) is 44.1. The molecule has 0 radical (unpaired) electrons. The van der Waals surface area contributed by atoms with E-state index in [0.29, 0.717) is 53.2 Å². The third-order valence-corrected chi connectivity index (χ3v) is 9.41. The zero-order valence-corrected chi connectivity index (χ0v) is 23.1. The maximum Gasteiger partial charge on any atom is 0.294 e. The molecule has 0 bridgehead atoms. The van der Waals surface area contributed by atoms with E-state index in [1.165, 1.54) is 40.4 Å². The maximum absolute atomic E-state index is 13.7. The van der Waals surface area contributed by atoms with Crippen molar-refractivity contribution >= 4 is 44.5 Å². The van der Waals surface area contributed by atoms with Gasteiger partial charge in [-0.3, -0.25) is 14.4 Å². The molecule has 1 aliphatic rings. The highest BCUT2D eigenvalue weighted by Crippen LogP contribution is 2.33. The number of hydrogen-bond donors (Lipinski definition) is 2. The van der Waals surface area contributed by atoms with Gasteiger partial charge in [-0.1, -0.05) is 0 Å². The maximum atomic E-state index is 13.7. The molecule has 12 heteroatoms. The van der Waals surface area contributed by atoms with E-state index >= 15 is 0 Å². The molecule has 0 unspecified atom stereocenters. The smallest absolute Gasteiger partial charge is 0.294 e. The van der Waals surface area contributed by atoms with Crippen LogP contribution in [-0.4, -0.2) is 53.1 Å². The summed E-state index contributed by atoms with van der Waals surface area (Å²) < 4.78 is 38.8. The van der Waals surface area contributed by atoms with E-state index in [0.717, 1.165) is 0 Å². The first-order valence-corrected chi connectivity index (χ1v) is 14.9. The van der Waals surface area contributed by atoms with Crippen LogP contribution in [0, 0.1) is 19.7 Å². The van der Waals surface area contributed by atoms with Crippen molar-refractivity contribution in [3.63, 3.8) is 0 Å². The molecular formula is C26H29FN4O5S2. The Kier molecular flexibility index (Phi) is 7.84. The zero-order chi connectivity index (χ0) is 27.8. The van der Waals surface area contributed by atoms with Crippen LogP contribution in [0.2, 0.25) is 0 Å². The van der Waals surface area contributed by atoms with Crippen LogP contribution in [0.15, 0.2) is 29.8 Å². The number of aromatic nitrogens is 2. The molecule has 2 heterocycles. The average molecular weight is 561 g/mol. The number of anilines is 1. The highest BCUT2D eigenvalue weighted by molar-refractivity contribution is 7.91. The van der Waals surface area contributed by atoms with Crippen molar-refractivity contribution in [2.24, 2.45) is 7.05 Å². The third kappa shape index (κ3) is 5.56. The van der Waals surface area contributed by atoms with Gasteiger partial charge in [0.2, 0.25) is 0 Å². The molecule has 1 aromatic carbocycles. The van der Waals surface area contributed by atoms with Crippen molar-refractivity contribution in [3.8, 4) is 10.7 Å². The predicted molar refractivity (Wildman–Crippen MR) is 144 cm³/mol. The van der Waals surface area contributed by atoms with Gasteiger partial charge in [0.05, 0.1) is 22.2 Å². The molecule has 0 saturated heterocycles. The Bertz CT molecular complexity index is 1500. The third-order valence-electron chi connectivity index (χ3n) is 6.95. The lowest BCUT2D eigenvalue weighted by Crippen LogP contribution is -2.43. The van der Waals surface area contributed by atoms with Gasteiger partial charge >= 0.3 is 0 Å². The monoisotopic (exact) mass is 560 g/mol. The Morgan fingerprint density at radius 1 is 1.13 bits per heavy atom. The molecular weight excluding hydrogens is 531 g/mol. The van der Waals surface area contributed by atoms with Gasteiger partial charge in [-0.25, -0.2) is 17.8 Å². The summed E-state index contributed by atoms with van der Waals surface area (Å²) >= 11 is 1.28. The quantitative estimate of drug-likeness (QED) is 0.334. The van der Waals surface area contributed by atoms with E-state index in [-0.39, 0.29) is 17.3 Å². The number of benzene rings is 1. The molecule has 202 valence electrons. The van der Waals surface area contributed by atoms with Gasteiger partial charge in [-0.15, -0.1) is 11.3 Å². The van der Waals surface area contributed by atoms with Gasteiger partial charge in [0, 0.05) is 36.6 Å². The van der Waals surface area contributed by atoms with Crippen LogP contribution in [0.5, 0.6) is 0 Å². The van der Waals surface area contributed by atoms with Crippen LogP contribution in [0.4, 0.5) is 10.1 Å². The van der Waals surface area contributed by atoms with Crippen molar-refractivity contribution in [2.75, 3.05) is 11.6 Å². The second-order valence-electron chi connectivity index (χ2n) is 9.62. The van der Waals surface area contributed by atoms with E-state index in [9.17, 15) is 27.2 Å². The van der Waals surface area contributed by atoms with Crippen LogP contribution in [0.3, 0.4) is 0 Å². The van der Waals surface area contributed by atoms with E-state index in [1.807, 2.05) is 0 Å². The summed E-state index contributed by atoms with van der Waals surface area (Å²) in [6.45, 7) is 3.18. The number of ketones is 1. The summed E-state index contributed by atoms with van der Waals surface area (Å²) in [5.41, 5.74) is 1.70. The highest BCUT2D eigenvalue weighted by Gasteiger charge is 2.34. The fourth-order valence-electron chi connectivity index (χ4n) is 4.93. The summed E-state index contributed by atoms with van der Waals surface area (Å²) in [5.74, 6) is -2.54. The minimum atomic E-state index is -3.15. The number of halogens is 1. The fourth-order valence-corrected chi connectivity index (χ4v) is 6.78. The molecule has 4 rings (SSSR count). The van der Waals surface area contributed by atoms with Gasteiger partial charge < -0.3 is 15.2 Å². The number of carbonyl (C=O) groups is 3. The fraction of sp³-hybridized carbons (Fsp3) is 0.385. The van der Waals surface area contributed by atoms with Crippen LogP contribution in [0.25, 0.3) is 10.7 Å². The second kappa shape index (κ2) is 10.8. The van der Waals surface area contributed by atoms with Crippen molar-refractivity contribution in [3.05, 3.63) is 58.0 Å². The van der Waals surface area contributed by atoms with Crippen molar-refractivity contribution in [1.82, 2.24) is 14.9 Å². The Morgan fingerprint density at radius 2 is 1.82 bits per heavy atom. The Morgan fingerprint density at radius 3 is 2.39 bits per heavy atom. The number of sulfone groups is 1. The molecule has 2 N–H and O–H groups in total. The molecule has 2 amide bonds. The number of amides is 2. The van der Waals surface area contributed by atoms with Gasteiger partial charge in [0.15, 0.2) is 0 Å². The first kappa shape index (κ1) is 27.6. The molecule has 3 aromatic rings.